The molecule has 0 spiro atoms. The molecule has 0 aliphatic carbocycles. The van der Waals surface area contributed by atoms with E-state index in [9.17, 15) is 9.59 Å². The van der Waals surface area contributed by atoms with Gasteiger partial charge in [0.2, 0.25) is 5.91 Å². The van der Waals surface area contributed by atoms with Gasteiger partial charge in [-0.1, -0.05) is 13.8 Å². The topological polar surface area (TPSA) is 57.6 Å². The molecule has 2 atom stereocenters. The van der Waals surface area contributed by atoms with Gasteiger partial charge in [0, 0.05) is 19.5 Å². The predicted octanol–water partition coefficient (Wildman–Crippen LogP) is 1.36. The Morgan fingerprint density at radius 3 is 2.60 bits per heavy atom. The first-order chi connectivity index (χ1) is 7.06. The van der Waals surface area contributed by atoms with Gasteiger partial charge in [0.1, 0.15) is 0 Å². The second-order valence-electron chi connectivity index (χ2n) is 4.30. The summed E-state index contributed by atoms with van der Waals surface area (Å²) in [5.74, 6) is -0.786. The SMILES string of the molecule is CCCC(=O)N1CC[C@H](C(=O)O)[C@@H](C)C1. The number of carboxylic acids is 1. The maximum atomic E-state index is 11.6. The maximum Gasteiger partial charge on any atom is 0.306 e. The zero-order valence-electron chi connectivity index (χ0n) is 9.40. The molecule has 1 amide bonds. The molecule has 1 aliphatic heterocycles. The molecule has 0 aromatic rings. The highest BCUT2D eigenvalue weighted by Gasteiger charge is 2.32. The first kappa shape index (κ1) is 12.0. The summed E-state index contributed by atoms with van der Waals surface area (Å²) in [6, 6.07) is 0. The summed E-state index contributed by atoms with van der Waals surface area (Å²) in [6.45, 7) is 5.07. The normalized spacial score (nSPS) is 26.4. The lowest BCUT2D eigenvalue weighted by molar-refractivity contribution is -0.148. The number of likely N-dealkylation sites (tertiary alicyclic amines) is 1. The Labute approximate surface area is 90.3 Å². The van der Waals surface area contributed by atoms with Gasteiger partial charge < -0.3 is 10.0 Å². The fourth-order valence-electron chi connectivity index (χ4n) is 2.11. The van der Waals surface area contributed by atoms with Gasteiger partial charge in [0.05, 0.1) is 5.92 Å². The summed E-state index contributed by atoms with van der Waals surface area (Å²) in [7, 11) is 0. The van der Waals surface area contributed by atoms with E-state index < -0.39 is 5.97 Å². The van der Waals surface area contributed by atoms with Crippen molar-refractivity contribution in [3.63, 3.8) is 0 Å². The Morgan fingerprint density at radius 1 is 1.47 bits per heavy atom. The number of carbonyl (C=O) groups is 2. The van der Waals surface area contributed by atoms with E-state index in [4.69, 9.17) is 5.11 Å². The van der Waals surface area contributed by atoms with Crippen molar-refractivity contribution in [2.45, 2.75) is 33.1 Å². The van der Waals surface area contributed by atoms with E-state index in [2.05, 4.69) is 0 Å². The monoisotopic (exact) mass is 213 g/mol. The second kappa shape index (κ2) is 5.14. The highest BCUT2D eigenvalue weighted by molar-refractivity contribution is 5.77. The summed E-state index contributed by atoms with van der Waals surface area (Å²) in [4.78, 5) is 24.3. The summed E-state index contributed by atoms with van der Waals surface area (Å²) in [6.07, 6.45) is 2.02. The van der Waals surface area contributed by atoms with Gasteiger partial charge in [-0.25, -0.2) is 0 Å². The van der Waals surface area contributed by atoms with E-state index >= 15 is 0 Å². The van der Waals surface area contributed by atoms with Crippen LogP contribution in [0.15, 0.2) is 0 Å². The van der Waals surface area contributed by atoms with Crippen LogP contribution in [-0.4, -0.2) is 35.0 Å². The zero-order chi connectivity index (χ0) is 11.4. The van der Waals surface area contributed by atoms with Crippen LogP contribution in [0.3, 0.4) is 0 Å². The van der Waals surface area contributed by atoms with Crippen molar-refractivity contribution in [3.05, 3.63) is 0 Å². The minimum atomic E-state index is -0.731. The van der Waals surface area contributed by atoms with Crippen LogP contribution < -0.4 is 0 Å². The van der Waals surface area contributed by atoms with Gasteiger partial charge in [0.25, 0.3) is 0 Å². The average Bonchev–Trinajstić information content (AvgIpc) is 2.17. The number of hydrogen-bond acceptors (Lipinski definition) is 2. The molecular formula is C11H19NO3. The van der Waals surface area contributed by atoms with Gasteiger partial charge in [-0.3, -0.25) is 9.59 Å². The molecule has 1 saturated heterocycles. The van der Waals surface area contributed by atoms with Crippen LogP contribution in [0.25, 0.3) is 0 Å². The molecule has 4 heteroatoms. The highest BCUT2D eigenvalue weighted by atomic mass is 16.4. The molecule has 1 heterocycles. The van der Waals surface area contributed by atoms with Crippen LogP contribution in [-0.2, 0) is 9.59 Å². The number of hydrogen-bond donors (Lipinski definition) is 1. The van der Waals surface area contributed by atoms with Gasteiger partial charge in [-0.15, -0.1) is 0 Å². The minimum absolute atomic E-state index is 0.0667. The van der Waals surface area contributed by atoms with Crippen molar-refractivity contribution in [2.75, 3.05) is 13.1 Å². The van der Waals surface area contributed by atoms with Gasteiger partial charge in [-0.2, -0.15) is 0 Å². The summed E-state index contributed by atoms with van der Waals surface area (Å²) in [5.41, 5.74) is 0. The number of piperidine rings is 1. The predicted molar refractivity (Wildman–Crippen MR) is 56.4 cm³/mol. The molecule has 1 aliphatic rings. The summed E-state index contributed by atoms with van der Waals surface area (Å²) >= 11 is 0. The van der Waals surface area contributed by atoms with Crippen molar-refractivity contribution >= 4 is 11.9 Å². The molecule has 15 heavy (non-hydrogen) atoms. The highest BCUT2D eigenvalue weighted by Crippen LogP contribution is 2.23. The summed E-state index contributed by atoms with van der Waals surface area (Å²) < 4.78 is 0. The van der Waals surface area contributed by atoms with Crippen molar-refractivity contribution < 1.29 is 14.7 Å². The Bertz CT molecular complexity index is 252. The van der Waals surface area contributed by atoms with Crippen LogP contribution in [0.4, 0.5) is 0 Å². The first-order valence-electron chi connectivity index (χ1n) is 5.56. The third-order valence-corrected chi connectivity index (χ3v) is 3.04. The largest absolute Gasteiger partial charge is 0.481 e. The zero-order valence-corrected chi connectivity index (χ0v) is 9.40. The molecule has 0 unspecified atom stereocenters. The van der Waals surface area contributed by atoms with Crippen molar-refractivity contribution in [1.82, 2.24) is 4.90 Å². The molecular weight excluding hydrogens is 194 g/mol. The Balaban J connectivity index is 2.50. The van der Waals surface area contributed by atoms with Crippen LogP contribution in [0.2, 0.25) is 0 Å². The Morgan fingerprint density at radius 2 is 2.13 bits per heavy atom. The number of rotatable bonds is 3. The molecule has 0 saturated carbocycles. The summed E-state index contributed by atoms with van der Waals surface area (Å²) in [5, 5.41) is 8.93. The van der Waals surface area contributed by atoms with Crippen LogP contribution >= 0.6 is 0 Å². The molecule has 0 bridgehead atoms. The van der Waals surface area contributed by atoms with E-state index in [1.54, 1.807) is 4.90 Å². The third-order valence-electron chi connectivity index (χ3n) is 3.04. The van der Waals surface area contributed by atoms with Gasteiger partial charge >= 0.3 is 5.97 Å². The number of carbonyl (C=O) groups excluding carboxylic acids is 1. The van der Waals surface area contributed by atoms with Crippen molar-refractivity contribution in [2.24, 2.45) is 11.8 Å². The number of amides is 1. The minimum Gasteiger partial charge on any atom is -0.481 e. The smallest absolute Gasteiger partial charge is 0.306 e. The molecule has 0 aromatic heterocycles. The standard InChI is InChI=1S/C11H19NO3/c1-3-4-10(13)12-6-5-9(11(14)15)8(2)7-12/h8-9H,3-7H2,1-2H3,(H,14,15)/t8-,9-/m0/s1. The Hall–Kier alpha value is -1.06. The molecule has 1 fully saturated rings. The molecule has 1 rings (SSSR count). The fourth-order valence-corrected chi connectivity index (χ4v) is 2.11. The third kappa shape index (κ3) is 2.94. The number of aliphatic carboxylic acids is 1. The Kier molecular flexibility index (Phi) is 4.12. The van der Waals surface area contributed by atoms with E-state index in [-0.39, 0.29) is 17.7 Å². The van der Waals surface area contributed by atoms with E-state index in [0.29, 0.717) is 25.9 Å². The maximum absolute atomic E-state index is 11.6. The second-order valence-corrected chi connectivity index (χ2v) is 4.30. The number of nitrogens with zero attached hydrogens (tertiary/aromatic N) is 1. The van der Waals surface area contributed by atoms with Crippen LogP contribution in [0.5, 0.6) is 0 Å². The molecule has 0 aromatic carbocycles. The molecule has 4 nitrogen and oxygen atoms in total. The van der Waals surface area contributed by atoms with E-state index in [1.807, 2.05) is 13.8 Å². The lowest BCUT2D eigenvalue weighted by Gasteiger charge is -2.35. The molecule has 1 N–H and O–H groups in total. The van der Waals surface area contributed by atoms with E-state index in [0.717, 1.165) is 6.42 Å². The lowest BCUT2D eigenvalue weighted by atomic mass is 9.87. The molecule has 0 radical (unpaired) electrons. The van der Waals surface area contributed by atoms with Crippen molar-refractivity contribution in [1.29, 1.82) is 0 Å². The molecule has 86 valence electrons. The van der Waals surface area contributed by atoms with Crippen molar-refractivity contribution in [3.8, 4) is 0 Å². The van der Waals surface area contributed by atoms with Gasteiger partial charge in [0.15, 0.2) is 0 Å². The average molecular weight is 213 g/mol. The van der Waals surface area contributed by atoms with Gasteiger partial charge in [-0.05, 0) is 18.8 Å². The van der Waals surface area contributed by atoms with Crippen LogP contribution in [0, 0.1) is 11.8 Å². The lowest BCUT2D eigenvalue weighted by Crippen LogP contribution is -2.44. The van der Waals surface area contributed by atoms with E-state index in [1.165, 1.54) is 0 Å². The van der Waals surface area contributed by atoms with Crippen LogP contribution in [0.1, 0.15) is 33.1 Å². The quantitative estimate of drug-likeness (QED) is 0.770. The first-order valence-corrected chi connectivity index (χ1v) is 5.56. The fraction of sp³-hybridized carbons (Fsp3) is 0.818. The number of carboxylic acid groups (broad SMARTS) is 1.